The van der Waals surface area contributed by atoms with E-state index in [0.29, 0.717) is 5.75 Å². The number of aliphatic hydroxyl groups is 4. The fourth-order valence-electron chi connectivity index (χ4n) is 2.37. The number of hydrogen-bond donors (Lipinski definition) is 4. The van der Waals surface area contributed by atoms with Gasteiger partial charge in [-0.15, -0.1) is 0 Å². The van der Waals surface area contributed by atoms with Crippen molar-refractivity contribution in [3.8, 4) is 23.0 Å². The highest BCUT2D eigenvalue weighted by atomic mass is 16.7. The molecule has 0 radical (unpaired) electrons. The molecular formula is C15H22O9. The predicted molar refractivity (Wildman–Crippen MR) is 80.5 cm³/mol. The molecule has 136 valence electrons. The Balaban J connectivity index is 2.32. The average molecular weight is 346 g/mol. The lowest BCUT2D eigenvalue weighted by Gasteiger charge is -2.39. The van der Waals surface area contributed by atoms with Gasteiger partial charge in [-0.3, -0.25) is 0 Å². The molecule has 2 rings (SSSR count). The molecule has 1 fully saturated rings. The molecule has 0 bridgehead atoms. The minimum atomic E-state index is -1.55. The molecule has 24 heavy (non-hydrogen) atoms. The summed E-state index contributed by atoms with van der Waals surface area (Å²) in [6, 6.07) is 3.09. The summed E-state index contributed by atoms with van der Waals surface area (Å²) in [6.07, 6.45) is -6.99. The van der Waals surface area contributed by atoms with E-state index in [-0.39, 0.29) is 17.2 Å². The molecule has 1 aliphatic heterocycles. The lowest BCUT2D eigenvalue weighted by molar-refractivity contribution is -0.277. The first-order valence-electron chi connectivity index (χ1n) is 7.24. The van der Waals surface area contributed by atoms with Crippen LogP contribution in [-0.4, -0.2) is 79.1 Å². The molecule has 4 N–H and O–H groups in total. The van der Waals surface area contributed by atoms with E-state index >= 15 is 0 Å². The molecule has 0 aliphatic carbocycles. The van der Waals surface area contributed by atoms with Crippen molar-refractivity contribution in [1.82, 2.24) is 0 Å². The molecule has 9 heteroatoms. The Kier molecular flexibility index (Phi) is 6.08. The number of aliphatic hydroxyl groups excluding tert-OH is 4. The Bertz CT molecular complexity index is 523. The molecule has 0 unspecified atom stereocenters. The third-order valence-electron chi connectivity index (χ3n) is 3.75. The van der Waals surface area contributed by atoms with Crippen LogP contribution in [0.1, 0.15) is 0 Å². The summed E-state index contributed by atoms with van der Waals surface area (Å²) in [5.41, 5.74) is 0. The van der Waals surface area contributed by atoms with Crippen molar-refractivity contribution in [2.75, 3.05) is 27.9 Å². The Hall–Kier alpha value is -1.78. The third kappa shape index (κ3) is 3.50. The van der Waals surface area contributed by atoms with Crippen LogP contribution >= 0.6 is 0 Å². The van der Waals surface area contributed by atoms with Gasteiger partial charge in [-0.05, 0) is 0 Å². The minimum absolute atomic E-state index is 0.116. The summed E-state index contributed by atoms with van der Waals surface area (Å²) >= 11 is 0. The van der Waals surface area contributed by atoms with Gasteiger partial charge in [-0.1, -0.05) is 0 Å². The molecular weight excluding hydrogens is 324 g/mol. The smallest absolute Gasteiger partial charge is 0.229 e. The molecule has 0 aromatic heterocycles. The highest BCUT2D eigenvalue weighted by Gasteiger charge is 2.45. The van der Waals surface area contributed by atoms with Gasteiger partial charge in [-0.2, -0.15) is 0 Å². The van der Waals surface area contributed by atoms with E-state index in [2.05, 4.69) is 0 Å². The van der Waals surface area contributed by atoms with E-state index in [9.17, 15) is 20.4 Å². The molecule has 1 heterocycles. The zero-order valence-corrected chi connectivity index (χ0v) is 13.6. The number of methoxy groups -OCH3 is 3. The second-order valence-corrected chi connectivity index (χ2v) is 5.18. The molecule has 0 amide bonds. The van der Waals surface area contributed by atoms with E-state index in [1.54, 1.807) is 12.1 Å². The first-order valence-corrected chi connectivity index (χ1v) is 7.24. The zero-order valence-electron chi connectivity index (χ0n) is 13.6. The van der Waals surface area contributed by atoms with Crippen molar-refractivity contribution in [3.05, 3.63) is 12.1 Å². The summed E-state index contributed by atoms with van der Waals surface area (Å²) < 4.78 is 26.5. The van der Waals surface area contributed by atoms with Gasteiger partial charge in [0.15, 0.2) is 11.5 Å². The van der Waals surface area contributed by atoms with Crippen LogP contribution in [0.25, 0.3) is 0 Å². The van der Waals surface area contributed by atoms with Crippen LogP contribution in [0.4, 0.5) is 0 Å². The quantitative estimate of drug-likeness (QED) is 0.507. The number of rotatable bonds is 6. The molecule has 1 saturated heterocycles. The van der Waals surface area contributed by atoms with Crippen LogP contribution < -0.4 is 18.9 Å². The Labute approximate surface area is 138 Å². The zero-order chi connectivity index (χ0) is 17.9. The van der Waals surface area contributed by atoms with Crippen molar-refractivity contribution in [3.63, 3.8) is 0 Å². The van der Waals surface area contributed by atoms with Crippen molar-refractivity contribution in [1.29, 1.82) is 0 Å². The second kappa shape index (κ2) is 7.86. The Morgan fingerprint density at radius 3 is 1.96 bits per heavy atom. The molecule has 1 aliphatic rings. The topological polar surface area (TPSA) is 127 Å². The summed E-state index contributed by atoms with van der Waals surface area (Å²) in [4.78, 5) is 0. The van der Waals surface area contributed by atoms with Crippen molar-refractivity contribution in [2.24, 2.45) is 0 Å². The van der Waals surface area contributed by atoms with Crippen LogP contribution in [0.5, 0.6) is 23.0 Å². The van der Waals surface area contributed by atoms with Gasteiger partial charge in [-0.25, -0.2) is 0 Å². The van der Waals surface area contributed by atoms with Gasteiger partial charge < -0.3 is 44.1 Å². The maximum absolute atomic E-state index is 10.1. The minimum Gasteiger partial charge on any atom is -0.496 e. The molecule has 9 nitrogen and oxygen atoms in total. The van der Waals surface area contributed by atoms with Crippen LogP contribution in [-0.2, 0) is 4.74 Å². The fraction of sp³-hybridized carbons (Fsp3) is 0.600. The normalized spacial score (nSPS) is 29.9. The Morgan fingerprint density at radius 1 is 0.917 bits per heavy atom. The predicted octanol–water partition coefficient (Wildman–Crippen LogP) is -1.11. The molecule has 0 spiro atoms. The maximum Gasteiger partial charge on any atom is 0.229 e. The van der Waals surface area contributed by atoms with Crippen LogP contribution in [0.3, 0.4) is 0 Å². The second-order valence-electron chi connectivity index (χ2n) is 5.18. The standard InChI is InChI=1S/C15H22O9/c1-20-7-4-8(21-2)14(9(5-7)22-3)24-15-13(19)12(18)11(17)10(6-16)23-15/h4-5,10-13,15-19H,6H2,1-3H3/t10-,11-,12-,13-,15+/m1/s1. The van der Waals surface area contributed by atoms with Gasteiger partial charge in [0.1, 0.15) is 30.2 Å². The Morgan fingerprint density at radius 2 is 1.50 bits per heavy atom. The molecule has 1 aromatic carbocycles. The molecule has 0 saturated carbocycles. The highest BCUT2D eigenvalue weighted by Crippen LogP contribution is 2.42. The number of hydrogen-bond acceptors (Lipinski definition) is 9. The van der Waals surface area contributed by atoms with Crippen LogP contribution in [0, 0.1) is 0 Å². The maximum atomic E-state index is 10.1. The van der Waals surface area contributed by atoms with Gasteiger partial charge >= 0.3 is 0 Å². The van der Waals surface area contributed by atoms with E-state index < -0.39 is 37.3 Å². The van der Waals surface area contributed by atoms with Gasteiger partial charge in [0.25, 0.3) is 0 Å². The SMILES string of the molecule is COc1cc(OC)c(O[C@@H]2O[C@H](CO)[C@@H](O)[C@@H](O)[C@H]2O)c(OC)c1. The fourth-order valence-corrected chi connectivity index (χ4v) is 2.37. The number of benzene rings is 1. The van der Waals surface area contributed by atoms with Gasteiger partial charge in [0, 0.05) is 12.1 Å². The number of ether oxygens (including phenoxy) is 5. The highest BCUT2D eigenvalue weighted by molar-refractivity contribution is 5.56. The molecule has 5 atom stereocenters. The van der Waals surface area contributed by atoms with Crippen molar-refractivity contribution in [2.45, 2.75) is 30.7 Å². The van der Waals surface area contributed by atoms with Crippen molar-refractivity contribution >= 4 is 0 Å². The van der Waals surface area contributed by atoms with E-state index in [1.807, 2.05) is 0 Å². The largest absolute Gasteiger partial charge is 0.496 e. The van der Waals surface area contributed by atoms with E-state index in [0.717, 1.165) is 0 Å². The first-order chi connectivity index (χ1) is 11.5. The summed E-state index contributed by atoms with van der Waals surface area (Å²) in [6.45, 7) is -0.554. The lowest BCUT2D eigenvalue weighted by Crippen LogP contribution is -2.60. The first kappa shape index (κ1) is 18.6. The van der Waals surface area contributed by atoms with E-state index in [4.69, 9.17) is 23.7 Å². The summed E-state index contributed by atoms with van der Waals surface area (Å²) in [5.74, 6) is 1.08. The third-order valence-corrected chi connectivity index (χ3v) is 3.75. The summed E-state index contributed by atoms with van der Waals surface area (Å²) in [7, 11) is 4.30. The average Bonchev–Trinajstić information content (AvgIpc) is 2.61. The lowest BCUT2D eigenvalue weighted by atomic mass is 9.99. The van der Waals surface area contributed by atoms with Gasteiger partial charge in [0.2, 0.25) is 12.0 Å². The van der Waals surface area contributed by atoms with Crippen LogP contribution in [0.15, 0.2) is 12.1 Å². The monoisotopic (exact) mass is 346 g/mol. The van der Waals surface area contributed by atoms with Gasteiger partial charge in [0.05, 0.1) is 27.9 Å². The molecule has 1 aromatic rings. The van der Waals surface area contributed by atoms with Crippen molar-refractivity contribution < 1.29 is 44.1 Å². The summed E-state index contributed by atoms with van der Waals surface area (Å²) in [5, 5.41) is 38.9. The van der Waals surface area contributed by atoms with E-state index in [1.165, 1.54) is 21.3 Å². The van der Waals surface area contributed by atoms with Crippen LogP contribution in [0.2, 0.25) is 0 Å².